The van der Waals surface area contributed by atoms with Gasteiger partial charge in [0, 0.05) is 15.2 Å². The highest BCUT2D eigenvalue weighted by molar-refractivity contribution is 14.1. The molecule has 0 aromatic heterocycles. The minimum Gasteiger partial charge on any atom is -0.359 e. The van der Waals surface area contributed by atoms with Crippen molar-refractivity contribution in [3.63, 3.8) is 0 Å². The van der Waals surface area contributed by atoms with Crippen LogP contribution in [0.15, 0.2) is 29.4 Å². The highest BCUT2D eigenvalue weighted by atomic mass is 127. The predicted molar refractivity (Wildman–Crippen MR) is 80.8 cm³/mol. The SMILES string of the molecule is CC(C)NC(=S)N/N=C\c1ccccc1I. The fourth-order valence-corrected chi connectivity index (χ4v) is 1.85. The van der Waals surface area contributed by atoms with Crippen LogP contribution in [0.1, 0.15) is 19.4 Å². The van der Waals surface area contributed by atoms with E-state index in [0.29, 0.717) is 11.2 Å². The number of nitrogens with one attached hydrogen (secondary N) is 2. The Morgan fingerprint density at radius 1 is 1.44 bits per heavy atom. The van der Waals surface area contributed by atoms with Gasteiger partial charge in [0.2, 0.25) is 0 Å². The number of hydrogen-bond acceptors (Lipinski definition) is 2. The molecule has 0 heterocycles. The molecular formula is C11H14IN3S. The first-order valence-electron chi connectivity index (χ1n) is 4.93. The summed E-state index contributed by atoms with van der Waals surface area (Å²) in [4.78, 5) is 0. The third-order valence-corrected chi connectivity index (χ3v) is 2.89. The van der Waals surface area contributed by atoms with Crippen molar-refractivity contribution < 1.29 is 0 Å². The van der Waals surface area contributed by atoms with E-state index in [0.717, 1.165) is 9.13 Å². The lowest BCUT2D eigenvalue weighted by Crippen LogP contribution is -2.36. The second-order valence-electron chi connectivity index (χ2n) is 3.52. The minimum absolute atomic E-state index is 0.312. The normalized spacial score (nSPS) is 10.8. The Kier molecular flexibility index (Phi) is 5.68. The molecule has 2 N–H and O–H groups in total. The van der Waals surface area contributed by atoms with Crippen molar-refractivity contribution in [1.82, 2.24) is 10.7 Å². The molecule has 1 rings (SSSR count). The molecule has 0 saturated heterocycles. The zero-order chi connectivity index (χ0) is 12.0. The molecule has 86 valence electrons. The van der Waals surface area contributed by atoms with E-state index in [4.69, 9.17) is 12.2 Å². The first kappa shape index (κ1) is 13.4. The van der Waals surface area contributed by atoms with Gasteiger partial charge in [0.05, 0.1) is 6.21 Å². The van der Waals surface area contributed by atoms with Crippen molar-refractivity contribution in [1.29, 1.82) is 0 Å². The average molecular weight is 347 g/mol. The molecule has 0 atom stereocenters. The topological polar surface area (TPSA) is 36.4 Å². The molecule has 0 aliphatic carbocycles. The van der Waals surface area contributed by atoms with Gasteiger partial charge >= 0.3 is 0 Å². The van der Waals surface area contributed by atoms with Crippen molar-refractivity contribution in [3.8, 4) is 0 Å². The van der Waals surface area contributed by atoms with Gasteiger partial charge < -0.3 is 5.32 Å². The van der Waals surface area contributed by atoms with Gasteiger partial charge in [-0.15, -0.1) is 0 Å². The van der Waals surface area contributed by atoms with E-state index in [2.05, 4.69) is 38.4 Å². The quantitative estimate of drug-likeness (QED) is 0.382. The molecule has 16 heavy (non-hydrogen) atoms. The van der Waals surface area contributed by atoms with Crippen molar-refractivity contribution >= 4 is 46.1 Å². The molecule has 0 amide bonds. The van der Waals surface area contributed by atoms with Gasteiger partial charge in [-0.3, -0.25) is 5.43 Å². The van der Waals surface area contributed by atoms with E-state index in [1.54, 1.807) is 6.21 Å². The molecule has 0 spiro atoms. The van der Waals surface area contributed by atoms with Crippen LogP contribution in [0.25, 0.3) is 0 Å². The molecule has 0 aliphatic heterocycles. The van der Waals surface area contributed by atoms with Gasteiger partial charge in [0.1, 0.15) is 0 Å². The summed E-state index contributed by atoms with van der Waals surface area (Å²) in [7, 11) is 0. The molecule has 1 aromatic carbocycles. The summed E-state index contributed by atoms with van der Waals surface area (Å²) in [6.45, 7) is 4.05. The van der Waals surface area contributed by atoms with Gasteiger partial charge in [0.25, 0.3) is 0 Å². The molecule has 3 nitrogen and oxygen atoms in total. The Bertz CT molecular complexity index is 391. The second kappa shape index (κ2) is 6.80. The summed E-state index contributed by atoms with van der Waals surface area (Å²) in [5.41, 5.74) is 3.85. The highest BCUT2D eigenvalue weighted by Crippen LogP contribution is 2.08. The lowest BCUT2D eigenvalue weighted by Gasteiger charge is -2.09. The standard InChI is InChI=1S/C11H14IN3S/c1-8(2)14-11(16)15-13-7-9-5-3-4-6-10(9)12/h3-8H,1-2H3,(H2,14,15,16)/b13-7-. The van der Waals surface area contributed by atoms with Crippen molar-refractivity contribution in [2.45, 2.75) is 19.9 Å². The third-order valence-electron chi connectivity index (χ3n) is 1.69. The van der Waals surface area contributed by atoms with Crippen LogP contribution in [0.3, 0.4) is 0 Å². The third kappa shape index (κ3) is 4.89. The number of benzene rings is 1. The molecular weight excluding hydrogens is 333 g/mol. The number of hydrazone groups is 1. The van der Waals surface area contributed by atoms with Gasteiger partial charge in [-0.1, -0.05) is 18.2 Å². The number of nitrogens with zero attached hydrogens (tertiary/aromatic N) is 1. The maximum absolute atomic E-state index is 5.04. The summed E-state index contributed by atoms with van der Waals surface area (Å²) < 4.78 is 1.16. The first-order valence-corrected chi connectivity index (χ1v) is 6.42. The van der Waals surface area contributed by atoms with Gasteiger partial charge in [-0.05, 0) is 54.7 Å². The van der Waals surface area contributed by atoms with Gasteiger partial charge in [-0.2, -0.15) is 5.10 Å². The Hall–Kier alpha value is -0.690. The lowest BCUT2D eigenvalue weighted by molar-refractivity contribution is 0.720. The molecule has 0 radical (unpaired) electrons. The van der Waals surface area contributed by atoms with Gasteiger partial charge in [0.15, 0.2) is 5.11 Å². The van der Waals surface area contributed by atoms with E-state index in [-0.39, 0.29) is 0 Å². The van der Waals surface area contributed by atoms with Crippen LogP contribution < -0.4 is 10.7 Å². The average Bonchev–Trinajstić information content (AvgIpc) is 2.19. The predicted octanol–water partition coefficient (Wildman–Crippen LogP) is 2.50. The van der Waals surface area contributed by atoms with Crippen molar-refractivity contribution in [2.24, 2.45) is 5.10 Å². The molecule has 0 unspecified atom stereocenters. The monoisotopic (exact) mass is 347 g/mol. The summed E-state index contributed by atoms with van der Waals surface area (Å²) in [6, 6.07) is 8.33. The molecule has 0 aliphatic rings. The molecule has 1 aromatic rings. The first-order chi connectivity index (χ1) is 7.59. The van der Waals surface area contributed by atoms with Crippen LogP contribution in [0.4, 0.5) is 0 Å². The molecule has 5 heteroatoms. The van der Waals surface area contributed by atoms with E-state index < -0.39 is 0 Å². The highest BCUT2D eigenvalue weighted by Gasteiger charge is 1.96. The van der Waals surface area contributed by atoms with Crippen LogP contribution in [-0.2, 0) is 0 Å². The number of hydrogen-bond donors (Lipinski definition) is 2. The van der Waals surface area contributed by atoms with E-state index >= 15 is 0 Å². The Balaban J connectivity index is 2.49. The fraction of sp³-hybridized carbons (Fsp3) is 0.273. The van der Waals surface area contributed by atoms with Crippen LogP contribution in [-0.4, -0.2) is 17.4 Å². The maximum atomic E-state index is 5.04. The molecule has 0 bridgehead atoms. The Morgan fingerprint density at radius 3 is 2.75 bits per heavy atom. The van der Waals surface area contributed by atoms with E-state index in [1.807, 2.05) is 38.1 Å². The van der Waals surface area contributed by atoms with Crippen LogP contribution in [0.5, 0.6) is 0 Å². The summed E-state index contributed by atoms with van der Waals surface area (Å²) >= 11 is 7.31. The number of thiocarbonyl (C=S) groups is 1. The zero-order valence-corrected chi connectivity index (χ0v) is 12.2. The van der Waals surface area contributed by atoms with Crippen LogP contribution >= 0.6 is 34.8 Å². The maximum Gasteiger partial charge on any atom is 0.187 e. The largest absolute Gasteiger partial charge is 0.359 e. The Morgan fingerprint density at radius 2 is 2.12 bits per heavy atom. The Labute approximate surface area is 115 Å². The summed E-state index contributed by atoms with van der Waals surface area (Å²) in [5.74, 6) is 0. The smallest absolute Gasteiger partial charge is 0.187 e. The zero-order valence-electron chi connectivity index (χ0n) is 9.20. The van der Waals surface area contributed by atoms with Crippen molar-refractivity contribution in [3.05, 3.63) is 33.4 Å². The summed E-state index contributed by atoms with van der Waals surface area (Å²) in [5, 5.41) is 7.66. The van der Waals surface area contributed by atoms with E-state index in [1.165, 1.54) is 0 Å². The number of halogens is 1. The van der Waals surface area contributed by atoms with E-state index in [9.17, 15) is 0 Å². The molecule has 0 fully saturated rings. The second-order valence-corrected chi connectivity index (χ2v) is 5.09. The van der Waals surface area contributed by atoms with Crippen LogP contribution in [0, 0.1) is 3.57 Å². The number of rotatable bonds is 3. The lowest BCUT2D eigenvalue weighted by atomic mass is 10.2. The van der Waals surface area contributed by atoms with Crippen LogP contribution in [0.2, 0.25) is 0 Å². The molecule has 0 saturated carbocycles. The van der Waals surface area contributed by atoms with Gasteiger partial charge in [-0.25, -0.2) is 0 Å². The van der Waals surface area contributed by atoms with Crippen molar-refractivity contribution in [2.75, 3.05) is 0 Å². The minimum atomic E-state index is 0.312. The summed E-state index contributed by atoms with van der Waals surface area (Å²) in [6.07, 6.45) is 1.76. The fourth-order valence-electron chi connectivity index (χ4n) is 1.03.